The van der Waals surface area contributed by atoms with Crippen molar-refractivity contribution < 1.29 is 19.4 Å². The molecule has 0 fully saturated rings. The number of esters is 1. The maximum atomic E-state index is 12.2. The minimum atomic E-state index is -0.536. The zero-order valence-electron chi connectivity index (χ0n) is 35.8. The molecule has 0 aromatic carbocycles. The van der Waals surface area contributed by atoms with Crippen LogP contribution in [0.1, 0.15) is 245 Å². The average molecular weight is 745 g/mol. The van der Waals surface area contributed by atoms with E-state index in [4.69, 9.17) is 9.47 Å². The van der Waals surface area contributed by atoms with Crippen molar-refractivity contribution in [3.63, 3.8) is 0 Å². The van der Waals surface area contributed by atoms with Gasteiger partial charge in [0.1, 0.15) is 6.10 Å². The van der Waals surface area contributed by atoms with E-state index in [1.165, 1.54) is 199 Å². The minimum absolute atomic E-state index is 0.172. The van der Waals surface area contributed by atoms with E-state index in [9.17, 15) is 9.90 Å². The smallest absolute Gasteiger partial charge is 0.306 e. The summed E-state index contributed by atoms with van der Waals surface area (Å²) in [6.45, 7) is 5.34. The highest BCUT2D eigenvalue weighted by Gasteiger charge is 2.13. The van der Waals surface area contributed by atoms with Gasteiger partial charge in [-0.2, -0.15) is 0 Å². The first-order valence-corrected chi connectivity index (χ1v) is 23.6. The molecule has 1 atom stereocenters. The number of aliphatic hydroxyl groups is 1. The average Bonchev–Trinajstić information content (AvgIpc) is 3.16. The Morgan fingerprint density at radius 1 is 0.453 bits per heavy atom. The molecule has 0 aliphatic heterocycles. The van der Waals surface area contributed by atoms with Crippen LogP contribution in [0.2, 0.25) is 0 Å². The van der Waals surface area contributed by atoms with Crippen molar-refractivity contribution >= 4 is 5.97 Å². The second-order valence-electron chi connectivity index (χ2n) is 15.8. The van der Waals surface area contributed by atoms with E-state index in [1.54, 1.807) is 0 Å². The number of hydrogen-bond acceptors (Lipinski definition) is 4. The molecule has 0 amide bonds. The Hall–Kier alpha value is -1.39. The fourth-order valence-electron chi connectivity index (χ4n) is 6.88. The lowest BCUT2D eigenvalue weighted by Crippen LogP contribution is -2.27. The molecule has 0 spiro atoms. The summed E-state index contributed by atoms with van der Waals surface area (Å²) in [4.78, 5) is 12.2. The number of carbonyl (C=O) groups excluding carboxylic acids is 1. The number of unbranched alkanes of at least 4 members (excludes halogenated alkanes) is 30. The third-order valence-corrected chi connectivity index (χ3v) is 10.4. The number of aliphatic hydroxyl groups excluding tert-OH is 1. The number of rotatable bonds is 44. The van der Waals surface area contributed by atoms with E-state index in [2.05, 4.69) is 50.3 Å². The van der Waals surface area contributed by atoms with Gasteiger partial charge in [0.05, 0.1) is 13.2 Å². The molecule has 0 radical (unpaired) electrons. The SMILES string of the molecule is CCCCC/C=C\C/C=C\CCCCCCCCCCCCOCC(CO)OC(=O)CCCCCCCCCCC/C=C\CCCCCCCCCC. The van der Waals surface area contributed by atoms with Gasteiger partial charge in [-0.3, -0.25) is 4.79 Å². The van der Waals surface area contributed by atoms with Gasteiger partial charge in [0.15, 0.2) is 0 Å². The second kappa shape index (κ2) is 46.8. The van der Waals surface area contributed by atoms with Crippen molar-refractivity contribution in [3.05, 3.63) is 36.5 Å². The van der Waals surface area contributed by atoms with E-state index in [-0.39, 0.29) is 12.6 Å². The Bertz CT molecular complexity index is 787. The monoisotopic (exact) mass is 745 g/mol. The van der Waals surface area contributed by atoms with Gasteiger partial charge in [0, 0.05) is 13.0 Å². The Morgan fingerprint density at radius 3 is 1.23 bits per heavy atom. The summed E-state index contributed by atoms with van der Waals surface area (Å²) in [6.07, 6.45) is 59.3. The maximum absolute atomic E-state index is 12.2. The van der Waals surface area contributed by atoms with Gasteiger partial charge in [-0.25, -0.2) is 0 Å². The first-order chi connectivity index (χ1) is 26.2. The molecule has 0 bridgehead atoms. The Labute approximate surface area is 331 Å². The Morgan fingerprint density at radius 2 is 0.792 bits per heavy atom. The van der Waals surface area contributed by atoms with Crippen molar-refractivity contribution in [2.75, 3.05) is 19.8 Å². The molecule has 0 aliphatic carbocycles. The van der Waals surface area contributed by atoms with Crippen LogP contribution < -0.4 is 0 Å². The maximum Gasteiger partial charge on any atom is 0.306 e. The molecular formula is C49H92O4. The molecule has 1 unspecified atom stereocenters. The minimum Gasteiger partial charge on any atom is -0.457 e. The van der Waals surface area contributed by atoms with E-state index in [0.29, 0.717) is 19.6 Å². The first-order valence-electron chi connectivity index (χ1n) is 23.6. The lowest BCUT2D eigenvalue weighted by molar-refractivity contribution is -0.154. The van der Waals surface area contributed by atoms with Crippen molar-refractivity contribution in [1.82, 2.24) is 0 Å². The molecule has 53 heavy (non-hydrogen) atoms. The standard InChI is InChI=1S/C49H92O4/c1-3-5-7-9-11-13-15-17-19-21-23-25-26-28-30-32-34-36-38-40-42-44-49(51)53-48(46-50)47-52-45-43-41-39-37-35-33-31-29-27-24-22-20-18-16-14-12-10-8-6-4-2/h12,14,18,20-21,23,48,50H,3-11,13,15-17,19,22,24-47H2,1-2H3/b14-12-,20-18-,23-21-. The molecule has 4 nitrogen and oxygen atoms in total. The predicted molar refractivity (Wildman–Crippen MR) is 233 cm³/mol. The molecule has 0 heterocycles. The van der Waals surface area contributed by atoms with E-state index >= 15 is 0 Å². The third kappa shape index (κ3) is 44.9. The van der Waals surface area contributed by atoms with Crippen molar-refractivity contribution in [1.29, 1.82) is 0 Å². The Balaban J connectivity index is 3.40. The van der Waals surface area contributed by atoms with Crippen LogP contribution in [0.3, 0.4) is 0 Å². The molecule has 4 heteroatoms. The van der Waals surface area contributed by atoms with Crippen molar-refractivity contribution in [3.8, 4) is 0 Å². The lowest BCUT2D eigenvalue weighted by atomic mass is 10.1. The number of carbonyl (C=O) groups is 1. The van der Waals surface area contributed by atoms with Crippen LogP contribution in [-0.2, 0) is 14.3 Å². The summed E-state index contributed by atoms with van der Waals surface area (Å²) < 4.78 is 11.2. The van der Waals surface area contributed by atoms with Crippen LogP contribution in [-0.4, -0.2) is 37.0 Å². The van der Waals surface area contributed by atoms with Crippen LogP contribution >= 0.6 is 0 Å². The molecule has 0 saturated carbocycles. The molecule has 0 aliphatic rings. The zero-order valence-corrected chi connectivity index (χ0v) is 35.8. The quantitative estimate of drug-likeness (QED) is 0.0383. The third-order valence-electron chi connectivity index (χ3n) is 10.4. The van der Waals surface area contributed by atoms with Crippen LogP contribution in [0.25, 0.3) is 0 Å². The molecule has 0 saturated heterocycles. The molecule has 0 rings (SSSR count). The molecule has 0 aromatic heterocycles. The summed E-state index contributed by atoms with van der Waals surface area (Å²) >= 11 is 0. The lowest BCUT2D eigenvalue weighted by Gasteiger charge is -2.16. The molecular weight excluding hydrogens is 653 g/mol. The molecule has 0 aromatic rings. The fraction of sp³-hybridized carbons (Fsp3) is 0.857. The highest BCUT2D eigenvalue weighted by molar-refractivity contribution is 5.69. The topological polar surface area (TPSA) is 55.8 Å². The number of hydrogen-bond donors (Lipinski definition) is 1. The van der Waals surface area contributed by atoms with Crippen LogP contribution in [0.15, 0.2) is 36.5 Å². The van der Waals surface area contributed by atoms with Gasteiger partial charge < -0.3 is 14.6 Å². The Kier molecular flexibility index (Phi) is 45.5. The molecule has 1 N–H and O–H groups in total. The number of ether oxygens (including phenoxy) is 2. The van der Waals surface area contributed by atoms with Gasteiger partial charge in [0.25, 0.3) is 0 Å². The van der Waals surface area contributed by atoms with E-state index in [1.807, 2.05) is 0 Å². The summed E-state index contributed by atoms with van der Waals surface area (Å²) in [5.41, 5.74) is 0. The van der Waals surface area contributed by atoms with Crippen LogP contribution in [0.5, 0.6) is 0 Å². The summed E-state index contributed by atoms with van der Waals surface area (Å²) in [5, 5.41) is 9.63. The van der Waals surface area contributed by atoms with Gasteiger partial charge in [0.2, 0.25) is 0 Å². The summed E-state index contributed by atoms with van der Waals surface area (Å²) in [6, 6.07) is 0. The van der Waals surface area contributed by atoms with Gasteiger partial charge in [-0.1, -0.05) is 204 Å². The fourth-order valence-corrected chi connectivity index (χ4v) is 6.88. The van der Waals surface area contributed by atoms with E-state index in [0.717, 1.165) is 25.7 Å². The van der Waals surface area contributed by atoms with E-state index < -0.39 is 6.10 Å². The normalized spacial score (nSPS) is 12.6. The summed E-state index contributed by atoms with van der Waals surface area (Å²) in [5.74, 6) is -0.201. The first kappa shape index (κ1) is 51.6. The van der Waals surface area contributed by atoms with Gasteiger partial charge in [-0.05, 0) is 70.6 Å². The highest BCUT2D eigenvalue weighted by atomic mass is 16.6. The van der Waals surface area contributed by atoms with Gasteiger partial charge >= 0.3 is 5.97 Å². The van der Waals surface area contributed by atoms with Gasteiger partial charge in [-0.15, -0.1) is 0 Å². The van der Waals surface area contributed by atoms with Crippen molar-refractivity contribution in [2.45, 2.75) is 251 Å². The largest absolute Gasteiger partial charge is 0.457 e. The zero-order chi connectivity index (χ0) is 38.4. The van der Waals surface area contributed by atoms with Crippen molar-refractivity contribution in [2.24, 2.45) is 0 Å². The predicted octanol–water partition coefficient (Wildman–Crippen LogP) is 15.7. The van der Waals surface area contributed by atoms with Crippen LogP contribution in [0, 0.1) is 0 Å². The molecule has 312 valence electrons. The highest BCUT2D eigenvalue weighted by Crippen LogP contribution is 2.15. The number of allylic oxidation sites excluding steroid dienone is 6. The summed E-state index contributed by atoms with van der Waals surface area (Å²) in [7, 11) is 0. The van der Waals surface area contributed by atoms with Crippen LogP contribution in [0.4, 0.5) is 0 Å². The second-order valence-corrected chi connectivity index (χ2v) is 15.8.